The minimum absolute atomic E-state index is 0.103. The molecule has 4 rings (SSSR count). The smallest absolute Gasteiger partial charge is 0.241 e. The molecule has 150 valence electrons. The van der Waals surface area contributed by atoms with E-state index < -0.39 is 5.92 Å². The Labute approximate surface area is 178 Å². The second-order valence-electron chi connectivity index (χ2n) is 6.74. The number of carbonyl (C=O) groups is 2. The molecule has 1 N–H and O–H groups in total. The molecular weight excluding hydrogens is 414 g/mol. The van der Waals surface area contributed by atoms with Gasteiger partial charge in [0.25, 0.3) is 0 Å². The summed E-state index contributed by atoms with van der Waals surface area (Å²) in [5.74, 6) is 0.306. The van der Waals surface area contributed by atoms with E-state index in [1.807, 2.05) is 12.1 Å². The van der Waals surface area contributed by atoms with Crippen molar-refractivity contribution >= 4 is 46.5 Å². The number of aliphatic imine (C=N–C) groups is 1. The third-order valence-corrected chi connectivity index (χ3v) is 5.29. The molecule has 9 heteroatoms. The first-order chi connectivity index (χ1) is 14.0. The monoisotopic (exact) mass is 431 g/mol. The van der Waals surface area contributed by atoms with Crippen LogP contribution in [0, 0.1) is 5.92 Å². The number of nitrogens with one attached hydrogen (secondary N) is 1. The van der Waals surface area contributed by atoms with Crippen molar-refractivity contribution in [2.75, 3.05) is 13.3 Å². The molecule has 0 spiro atoms. The van der Waals surface area contributed by atoms with E-state index in [-0.39, 0.29) is 30.1 Å². The zero-order chi connectivity index (χ0) is 20.4. The van der Waals surface area contributed by atoms with Gasteiger partial charge < -0.3 is 14.8 Å². The van der Waals surface area contributed by atoms with Crippen molar-refractivity contribution in [3.63, 3.8) is 0 Å². The Kier molecular flexibility index (Phi) is 5.64. The summed E-state index contributed by atoms with van der Waals surface area (Å²) in [6, 6.07) is 7.32. The van der Waals surface area contributed by atoms with Crippen LogP contribution in [0.1, 0.15) is 18.4 Å². The number of fused-ring (bicyclic) bond motifs is 2. The maximum Gasteiger partial charge on any atom is 0.241 e. The van der Waals surface area contributed by atoms with Crippen molar-refractivity contribution in [1.29, 1.82) is 0 Å². The van der Waals surface area contributed by atoms with Crippen molar-refractivity contribution in [2.24, 2.45) is 10.9 Å². The van der Waals surface area contributed by atoms with E-state index in [0.717, 1.165) is 5.56 Å². The van der Waals surface area contributed by atoms with Gasteiger partial charge in [0.15, 0.2) is 11.5 Å². The maximum atomic E-state index is 12.9. The van der Waals surface area contributed by atoms with Crippen molar-refractivity contribution in [1.82, 2.24) is 10.2 Å². The molecule has 1 atom stereocenters. The number of thiocarbonyl (C=S) groups is 1. The van der Waals surface area contributed by atoms with Crippen LogP contribution in [-0.4, -0.2) is 40.9 Å². The number of benzene rings is 1. The highest BCUT2D eigenvalue weighted by Gasteiger charge is 2.38. The van der Waals surface area contributed by atoms with E-state index in [1.54, 1.807) is 24.3 Å². The number of amides is 2. The lowest BCUT2D eigenvalue weighted by molar-refractivity contribution is -0.129. The van der Waals surface area contributed by atoms with Crippen LogP contribution in [0.3, 0.4) is 0 Å². The lowest BCUT2D eigenvalue weighted by Gasteiger charge is -2.30. The number of ether oxygens (including phenoxy) is 2. The van der Waals surface area contributed by atoms with E-state index in [9.17, 15) is 9.59 Å². The van der Waals surface area contributed by atoms with E-state index in [4.69, 9.17) is 33.3 Å². The number of allylic oxidation sites excluding steroid dienone is 1. The minimum atomic E-state index is -0.543. The average molecular weight is 432 g/mol. The van der Waals surface area contributed by atoms with Crippen LogP contribution < -0.4 is 5.32 Å². The molecule has 0 aromatic heterocycles. The largest absolute Gasteiger partial charge is 0.454 e. The molecule has 29 heavy (non-hydrogen) atoms. The topological polar surface area (TPSA) is 80.2 Å². The summed E-state index contributed by atoms with van der Waals surface area (Å²) < 4.78 is 10.7. The van der Waals surface area contributed by atoms with Crippen LogP contribution in [0.15, 0.2) is 52.9 Å². The molecule has 1 aromatic rings. The molecule has 0 radical (unpaired) electrons. The van der Waals surface area contributed by atoms with Crippen molar-refractivity contribution in [3.05, 3.63) is 58.5 Å². The SMILES string of the molecule is O=C(CCCN1C(=O)C2C=C3OCOC3=CC2=NC1=S)NCc1cccc(Cl)c1. The van der Waals surface area contributed by atoms with E-state index in [0.29, 0.717) is 41.8 Å². The van der Waals surface area contributed by atoms with Crippen LogP contribution in [-0.2, 0) is 25.6 Å². The average Bonchev–Trinajstić information content (AvgIpc) is 3.15. The molecule has 1 fully saturated rings. The van der Waals surface area contributed by atoms with Crippen LogP contribution in [0.5, 0.6) is 0 Å². The van der Waals surface area contributed by atoms with Crippen LogP contribution >= 0.6 is 23.8 Å². The number of carbonyl (C=O) groups excluding carboxylic acids is 2. The Morgan fingerprint density at radius 3 is 3.00 bits per heavy atom. The maximum absolute atomic E-state index is 12.9. The van der Waals surface area contributed by atoms with Gasteiger partial charge in [0, 0.05) is 30.6 Å². The second kappa shape index (κ2) is 8.34. The Bertz CT molecular complexity index is 972. The molecule has 1 aromatic carbocycles. The molecule has 2 amide bonds. The Hall–Kier alpha value is -2.71. The molecule has 1 saturated heterocycles. The van der Waals surface area contributed by atoms with Crippen LogP contribution in [0.2, 0.25) is 5.02 Å². The van der Waals surface area contributed by atoms with E-state index in [1.165, 1.54) is 4.90 Å². The first-order valence-corrected chi connectivity index (χ1v) is 9.94. The van der Waals surface area contributed by atoms with Crippen molar-refractivity contribution in [3.8, 4) is 0 Å². The van der Waals surface area contributed by atoms with Gasteiger partial charge in [0.1, 0.15) is 5.92 Å². The Morgan fingerprint density at radius 1 is 1.34 bits per heavy atom. The normalized spacial score (nSPS) is 20.0. The quantitative estimate of drug-likeness (QED) is 0.700. The van der Waals surface area contributed by atoms with Gasteiger partial charge in [-0.2, -0.15) is 0 Å². The molecule has 1 aliphatic carbocycles. The van der Waals surface area contributed by atoms with Gasteiger partial charge in [0.2, 0.25) is 23.7 Å². The fourth-order valence-corrected chi connectivity index (χ4v) is 3.77. The molecule has 2 aliphatic heterocycles. The number of halogens is 1. The summed E-state index contributed by atoms with van der Waals surface area (Å²) in [7, 11) is 0. The predicted octanol–water partition coefficient (Wildman–Crippen LogP) is 2.71. The van der Waals surface area contributed by atoms with Gasteiger partial charge in [-0.25, -0.2) is 4.99 Å². The van der Waals surface area contributed by atoms with Crippen LogP contribution in [0.25, 0.3) is 0 Å². The van der Waals surface area contributed by atoms with Crippen molar-refractivity contribution in [2.45, 2.75) is 19.4 Å². The number of hydrogen-bond acceptors (Lipinski definition) is 5. The molecule has 2 heterocycles. The summed E-state index contributed by atoms with van der Waals surface area (Å²) in [6.07, 6.45) is 4.15. The van der Waals surface area contributed by atoms with Gasteiger partial charge >= 0.3 is 0 Å². The molecule has 7 nitrogen and oxygen atoms in total. The lowest BCUT2D eigenvalue weighted by Crippen LogP contribution is -2.46. The van der Waals surface area contributed by atoms with Crippen molar-refractivity contribution < 1.29 is 19.1 Å². The molecule has 3 aliphatic rings. The summed E-state index contributed by atoms with van der Waals surface area (Å²) in [4.78, 5) is 30.8. The Balaban J connectivity index is 1.30. The fraction of sp³-hybridized carbons (Fsp3) is 0.300. The summed E-state index contributed by atoms with van der Waals surface area (Å²) in [5.41, 5.74) is 1.48. The Morgan fingerprint density at radius 2 is 2.17 bits per heavy atom. The highest BCUT2D eigenvalue weighted by atomic mass is 35.5. The third-order valence-electron chi connectivity index (χ3n) is 4.74. The minimum Gasteiger partial charge on any atom is -0.454 e. The van der Waals surface area contributed by atoms with E-state index >= 15 is 0 Å². The first-order valence-electron chi connectivity index (χ1n) is 9.16. The van der Waals surface area contributed by atoms with Gasteiger partial charge in [-0.05, 0) is 42.4 Å². The van der Waals surface area contributed by atoms with Gasteiger partial charge in [-0.15, -0.1) is 0 Å². The second-order valence-corrected chi connectivity index (χ2v) is 7.54. The van der Waals surface area contributed by atoms with Gasteiger partial charge in [-0.1, -0.05) is 23.7 Å². The molecule has 0 saturated carbocycles. The molecule has 0 bridgehead atoms. The summed E-state index contributed by atoms with van der Waals surface area (Å²) in [5, 5.41) is 3.68. The van der Waals surface area contributed by atoms with E-state index in [2.05, 4.69) is 10.3 Å². The number of hydrogen-bond donors (Lipinski definition) is 1. The first kappa shape index (κ1) is 19.6. The van der Waals surface area contributed by atoms with Gasteiger partial charge in [-0.3, -0.25) is 14.5 Å². The standard InChI is InChI=1S/C20H18ClN3O4S/c21-13-4-1-3-12(7-13)10-22-18(25)5-2-6-24-19(26)14-8-16-17(28-11-27-16)9-15(14)23-20(24)29/h1,3-4,7-9,14H,2,5-6,10-11H2,(H,22,25). The number of nitrogens with zero attached hydrogens (tertiary/aromatic N) is 2. The lowest BCUT2D eigenvalue weighted by atomic mass is 9.94. The highest BCUT2D eigenvalue weighted by molar-refractivity contribution is 7.80. The zero-order valence-corrected chi connectivity index (χ0v) is 17.0. The summed E-state index contributed by atoms with van der Waals surface area (Å²) in [6.45, 7) is 0.859. The highest BCUT2D eigenvalue weighted by Crippen LogP contribution is 2.31. The predicted molar refractivity (Wildman–Crippen MR) is 111 cm³/mol. The molecular formula is C20H18ClN3O4S. The number of rotatable bonds is 6. The summed E-state index contributed by atoms with van der Waals surface area (Å²) >= 11 is 11.2. The van der Waals surface area contributed by atoms with Gasteiger partial charge in [0.05, 0.1) is 5.71 Å². The molecule has 1 unspecified atom stereocenters. The third kappa shape index (κ3) is 4.33. The van der Waals surface area contributed by atoms with Crippen LogP contribution in [0.4, 0.5) is 0 Å². The zero-order valence-electron chi connectivity index (χ0n) is 15.4. The fourth-order valence-electron chi connectivity index (χ4n) is 3.27.